The Balaban J connectivity index is 1.93. The molecular weight excluding hydrogens is 417 g/mol. The summed E-state index contributed by atoms with van der Waals surface area (Å²) in [6.07, 6.45) is 0. The van der Waals surface area contributed by atoms with Gasteiger partial charge in [0.15, 0.2) is 10.9 Å². The Hall–Kier alpha value is -2.81. The smallest absolute Gasteiger partial charge is 0.338 e. The number of ether oxygens (including phenoxy) is 1. The summed E-state index contributed by atoms with van der Waals surface area (Å²) in [6.45, 7) is 5.87. The highest BCUT2D eigenvalue weighted by Gasteiger charge is 2.26. The first-order valence-electron chi connectivity index (χ1n) is 9.29. The van der Waals surface area contributed by atoms with Crippen LogP contribution in [-0.2, 0) is 11.3 Å². The molecule has 30 heavy (non-hydrogen) atoms. The average molecular weight is 436 g/mol. The molecule has 0 saturated carbocycles. The molecule has 0 aliphatic heterocycles. The summed E-state index contributed by atoms with van der Waals surface area (Å²) < 4.78 is 47.9. The van der Waals surface area contributed by atoms with Gasteiger partial charge in [-0.05, 0) is 39.0 Å². The van der Waals surface area contributed by atoms with E-state index in [0.717, 1.165) is 17.3 Å². The van der Waals surface area contributed by atoms with Crippen LogP contribution in [0.3, 0.4) is 0 Å². The average Bonchev–Trinajstić information content (AvgIpc) is 3.03. The Morgan fingerprint density at radius 2 is 1.80 bits per heavy atom. The largest absolute Gasteiger partial charge is 0.462 e. The molecule has 0 N–H and O–H groups in total. The molecule has 0 bridgehead atoms. The van der Waals surface area contributed by atoms with E-state index in [2.05, 4.69) is 4.98 Å². The molecule has 9 heteroatoms. The van der Waals surface area contributed by atoms with Crippen LogP contribution in [0.15, 0.2) is 35.5 Å². The molecular formula is C21H19F3N2O3S. The van der Waals surface area contributed by atoms with Crippen molar-refractivity contribution >= 4 is 34.5 Å². The van der Waals surface area contributed by atoms with E-state index >= 15 is 0 Å². The van der Waals surface area contributed by atoms with Crippen LogP contribution < -0.4 is 0 Å². The minimum Gasteiger partial charge on any atom is -0.462 e. The molecule has 3 rings (SSSR count). The topological polar surface area (TPSA) is 61.2 Å². The lowest BCUT2D eigenvalue weighted by atomic mass is 10.1. The zero-order chi connectivity index (χ0) is 22.0. The van der Waals surface area contributed by atoms with Crippen molar-refractivity contribution < 1.29 is 27.5 Å². The summed E-state index contributed by atoms with van der Waals surface area (Å²) in [5.41, 5.74) is 0.844. The second kappa shape index (κ2) is 8.91. The van der Waals surface area contributed by atoms with Gasteiger partial charge < -0.3 is 9.30 Å². The fraction of sp³-hybridized carbons (Fsp3) is 0.286. The van der Waals surface area contributed by atoms with Gasteiger partial charge in [-0.25, -0.2) is 22.9 Å². The normalized spacial score (nSPS) is 12.2. The van der Waals surface area contributed by atoms with Crippen molar-refractivity contribution in [3.05, 3.63) is 58.9 Å². The predicted octanol–water partition coefficient (Wildman–Crippen LogP) is 5.01. The quantitative estimate of drug-likeness (QED) is 0.296. The van der Waals surface area contributed by atoms with Gasteiger partial charge in [0.2, 0.25) is 0 Å². The summed E-state index contributed by atoms with van der Waals surface area (Å²) in [4.78, 5) is 29.0. The van der Waals surface area contributed by atoms with Gasteiger partial charge >= 0.3 is 5.97 Å². The second-order valence-corrected chi connectivity index (χ2v) is 7.74. The number of aryl methyl sites for hydroxylation is 1. The number of hydrogen-bond donors (Lipinski definition) is 0. The van der Waals surface area contributed by atoms with Crippen LogP contribution in [0, 0.1) is 17.5 Å². The van der Waals surface area contributed by atoms with Crippen LogP contribution in [0.2, 0.25) is 0 Å². The highest BCUT2D eigenvalue weighted by molar-refractivity contribution is 8.00. The number of nitrogens with zero attached hydrogens (tertiary/aromatic N) is 2. The fourth-order valence-electron chi connectivity index (χ4n) is 3.04. The number of halogens is 3. The van der Waals surface area contributed by atoms with Crippen molar-refractivity contribution in [3.8, 4) is 0 Å². The summed E-state index contributed by atoms with van der Waals surface area (Å²) >= 11 is 1.03. The number of aromatic nitrogens is 2. The highest BCUT2D eigenvalue weighted by Crippen LogP contribution is 2.30. The molecule has 0 aliphatic rings. The van der Waals surface area contributed by atoms with E-state index in [4.69, 9.17) is 4.74 Å². The molecule has 0 spiro atoms. The van der Waals surface area contributed by atoms with Gasteiger partial charge in [-0.3, -0.25) is 4.79 Å². The molecule has 0 saturated heterocycles. The van der Waals surface area contributed by atoms with Gasteiger partial charge in [0, 0.05) is 18.7 Å². The second-order valence-electron chi connectivity index (χ2n) is 6.43. The van der Waals surface area contributed by atoms with E-state index in [0.29, 0.717) is 34.9 Å². The summed E-state index contributed by atoms with van der Waals surface area (Å²) in [7, 11) is 0. The Morgan fingerprint density at radius 1 is 1.13 bits per heavy atom. The number of thioether (sulfide) groups is 1. The van der Waals surface area contributed by atoms with Gasteiger partial charge in [-0.2, -0.15) is 0 Å². The third-order valence-corrected chi connectivity index (χ3v) is 5.54. The lowest BCUT2D eigenvalue weighted by Crippen LogP contribution is -2.18. The molecule has 5 nitrogen and oxygen atoms in total. The molecule has 1 unspecified atom stereocenters. The maximum Gasteiger partial charge on any atom is 0.338 e. The minimum absolute atomic E-state index is 0.248. The monoisotopic (exact) mass is 436 g/mol. The SMILES string of the molecule is CCOC(=O)c1ccc2c(c1)nc(SC(C)C(=O)c1c(F)cc(F)cc1F)n2CC. The number of carbonyl (C=O) groups excluding carboxylic acids is 2. The summed E-state index contributed by atoms with van der Waals surface area (Å²) in [6, 6.07) is 5.90. The molecule has 158 valence electrons. The van der Waals surface area contributed by atoms with E-state index in [9.17, 15) is 22.8 Å². The molecule has 0 aliphatic carbocycles. The van der Waals surface area contributed by atoms with E-state index in [1.165, 1.54) is 6.92 Å². The van der Waals surface area contributed by atoms with Crippen molar-refractivity contribution in [3.63, 3.8) is 0 Å². The van der Waals surface area contributed by atoms with E-state index in [-0.39, 0.29) is 6.61 Å². The Kier molecular flexibility index (Phi) is 6.50. The number of rotatable bonds is 7. The molecule has 0 amide bonds. The number of ketones is 1. The van der Waals surface area contributed by atoms with Gasteiger partial charge in [0.05, 0.1) is 34.0 Å². The zero-order valence-corrected chi connectivity index (χ0v) is 17.4. The van der Waals surface area contributed by atoms with Gasteiger partial charge in [0.25, 0.3) is 0 Å². The maximum absolute atomic E-state index is 14.0. The third-order valence-electron chi connectivity index (χ3n) is 4.45. The van der Waals surface area contributed by atoms with Crippen LogP contribution in [0.4, 0.5) is 13.2 Å². The first-order chi connectivity index (χ1) is 14.3. The summed E-state index contributed by atoms with van der Waals surface area (Å²) in [5.74, 6) is -4.85. The number of imidazole rings is 1. The Morgan fingerprint density at radius 3 is 2.40 bits per heavy atom. The number of esters is 1. The van der Waals surface area contributed by atoms with Crippen LogP contribution in [0.25, 0.3) is 11.0 Å². The van der Waals surface area contributed by atoms with Crippen molar-refractivity contribution in [1.29, 1.82) is 0 Å². The zero-order valence-electron chi connectivity index (χ0n) is 16.5. The van der Waals surface area contributed by atoms with E-state index in [1.54, 1.807) is 25.1 Å². The van der Waals surface area contributed by atoms with E-state index in [1.807, 2.05) is 11.5 Å². The van der Waals surface area contributed by atoms with Gasteiger partial charge in [-0.15, -0.1) is 0 Å². The lowest BCUT2D eigenvalue weighted by Gasteiger charge is -2.12. The van der Waals surface area contributed by atoms with Crippen LogP contribution in [-0.4, -0.2) is 33.2 Å². The minimum atomic E-state index is -1.24. The van der Waals surface area contributed by atoms with Crippen LogP contribution in [0.5, 0.6) is 0 Å². The van der Waals surface area contributed by atoms with Crippen LogP contribution >= 0.6 is 11.8 Å². The Labute approximate surface area is 175 Å². The van der Waals surface area contributed by atoms with Crippen LogP contribution in [0.1, 0.15) is 41.5 Å². The molecule has 0 fully saturated rings. The predicted molar refractivity (Wildman–Crippen MR) is 107 cm³/mol. The molecule has 1 heterocycles. The van der Waals surface area contributed by atoms with Crippen molar-refractivity contribution in [2.45, 2.75) is 37.7 Å². The molecule has 2 aromatic carbocycles. The number of fused-ring (bicyclic) bond motifs is 1. The lowest BCUT2D eigenvalue weighted by molar-refractivity contribution is 0.0526. The molecule has 0 radical (unpaired) electrons. The van der Waals surface area contributed by atoms with Crippen molar-refractivity contribution in [2.75, 3.05) is 6.61 Å². The molecule has 3 aromatic rings. The first kappa shape index (κ1) is 21.9. The fourth-order valence-corrected chi connectivity index (χ4v) is 4.08. The van der Waals surface area contributed by atoms with Gasteiger partial charge in [0.1, 0.15) is 17.5 Å². The molecule has 1 aromatic heterocycles. The number of benzene rings is 2. The van der Waals surface area contributed by atoms with E-state index < -0.39 is 40.0 Å². The number of Topliss-reactive ketones (excluding diaryl/α,β-unsaturated/α-hetero) is 1. The van der Waals surface area contributed by atoms with Crippen molar-refractivity contribution in [1.82, 2.24) is 9.55 Å². The van der Waals surface area contributed by atoms with Crippen molar-refractivity contribution in [2.24, 2.45) is 0 Å². The number of hydrogen-bond acceptors (Lipinski definition) is 5. The summed E-state index contributed by atoms with van der Waals surface area (Å²) in [5, 5.41) is -0.427. The standard InChI is InChI=1S/C21H19F3N2O3S/c1-4-26-17-7-6-12(20(28)29-5-2)8-16(17)25-21(26)30-11(3)19(27)18-14(23)9-13(22)10-15(18)24/h6-11H,4-5H2,1-3H3. The first-order valence-corrected chi connectivity index (χ1v) is 10.2. The number of carbonyl (C=O) groups is 2. The Bertz CT molecular complexity index is 1110. The van der Waals surface area contributed by atoms with Gasteiger partial charge in [-0.1, -0.05) is 11.8 Å². The molecule has 1 atom stereocenters. The maximum atomic E-state index is 14.0. The highest BCUT2D eigenvalue weighted by atomic mass is 32.2. The third kappa shape index (κ3) is 4.21.